The third-order valence-electron chi connectivity index (χ3n) is 2.59. The van der Waals surface area contributed by atoms with E-state index in [9.17, 15) is 8.42 Å². The average molecular weight is 380 g/mol. The number of aromatic nitrogens is 2. The molecule has 0 amide bonds. The summed E-state index contributed by atoms with van der Waals surface area (Å²) in [7, 11) is 1.54. The SMILES string of the molecule is CCn1cc(COc2ccc(S(=O)(=O)Cl)cc2Br)cn1. The molecule has 1 aromatic heterocycles. The lowest BCUT2D eigenvalue weighted by molar-refractivity contribution is 0.304. The van der Waals surface area contributed by atoms with Crippen LogP contribution in [0.2, 0.25) is 0 Å². The molecular weight excluding hydrogens is 368 g/mol. The van der Waals surface area contributed by atoms with Crippen LogP contribution < -0.4 is 4.74 Å². The van der Waals surface area contributed by atoms with Crippen LogP contribution in [0.15, 0.2) is 40.0 Å². The van der Waals surface area contributed by atoms with Gasteiger partial charge in [0.15, 0.2) is 0 Å². The number of nitrogens with zero attached hydrogens (tertiary/aromatic N) is 2. The van der Waals surface area contributed by atoms with Gasteiger partial charge >= 0.3 is 0 Å². The van der Waals surface area contributed by atoms with Crippen molar-refractivity contribution in [3.63, 3.8) is 0 Å². The van der Waals surface area contributed by atoms with Crippen LogP contribution in [0.25, 0.3) is 0 Å². The number of rotatable bonds is 5. The molecule has 0 aliphatic rings. The fourth-order valence-electron chi connectivity index (χ4n) is 1.57. The van der Waals surface area contributed by atoms with Crippen molar-refractivity contribution in [2.45, 2.75) is 25.0 Å². The van der Waals surface area contributed by atoms with Gasteiger partial charge in [-0.3, -0.25) is 4.68 Å². The summed E-state index contributed by atoms with van der Waals surface area (Å²) in [4.78, 5) is 0.0252. The summed E-state index contributed by atoms with van der Waals surface area (Å²) in [6, 6.07) is 4.37. The molecule has 5 nitrogen and oxygen atoms in total. The van der Waals surface area contributed by atoms with Gasteiger partial charge in [-0.05, 0) is 41.1 Å². The number of hydrogen-bond acceptors (Lipinski definition) is 4. The van der Waals surface area contributed by atoms with E-state index >= 15 is 0 Å². The molecule has 0 unspecified atom stereocenters. The van der Waals surface area contributed by atoms with Gasteiger partial charge in [-0.2, -0.15) is 5.10 Å². The molecule has 2 aromatic rings. The Morgan fingerprint density at radius 2 is 2.20 bits per heavy atom. The highest BCUT2D eigenvalue weighted by Crippen LogP contribution is 2.29. The average Bonchev–Trinajstić information content (AvgIpc) is 2.84. The van der Waals surface area contributed by atoms with Gasteiger partial charge in [0, 0.05) is 29.0 Å². The van der Waals surface area contributed by atoms with Gasteiger partial charge in [0.25, 0.3) is 9.05 Å². The van der Waals surface area contributed by atoms with E-state index in [4.69, 9.17) is 15.4 Å². The van der Waals surface area contributed by atoms with E-state index in [1.165, 1.54) is 12.1 Å². The van der Waals surface area contributed by atoms with Crippen LogP contribution >= 0.6 is 26.6 Å². The minimum absolute atomic E-state index is 0.0252. The Hall–Kier alpha value is -1.05. The summed E-state index contributed by atoms with van der Waals surface area (Å²) < 4.78 is 30.4. The fraction of sp³-hybridized carbons (Fsp3) is 0.250. The second kappa shape index (κ2) is 6.15. The largest absolute Gasteiger partial charge is 0.488 e. The number of benzene rings is 1. The van der Waals surface area contributed by atoms with Crippen molar-refractivity contribution in [3.8, 4) is 5.75 Å². The minimum Gasteiger partial charge on any atom is -0.488 e. The molecule has 0 saturated carbocycles. The molecule has 0 bridgehead atoms. The maximum Gasteiger partial charge on any atom is 0.261 e. The summed E-state index contributed by atoms with van der Waals surface area (Å²) in [5, 5.41) is 4.14. The molecule has 2 rings (SSSR count). The van der Waals surface area contributed by atoms with Crippen molar-refractivity contribution in [2.75, 3.05) is 0 Å². The Morgan fingerprint density at radius 3 is 2.75 bits per heavy atom. The second-order valence-corrected chi connectivity index (χ2v) is 7.44. The quantitative estimate of drug-likeness (QED) is 0.749. The van der Waals surface area contributed by atoms with Gasteiger partial charge in [0.1, 0.15) is 12.4 Å². The van der Waals surface area contributed by atoms with Gasteiger partial charge in [-0.1, -0.05) is 0 Å². The summed E-state index contributed by atoms with van der Waals surface area (Å²) >= 11 is 3.26. The van der Waals surface area contributed by atoms with Crippen molar-refractivity contribution in [2.24, 2.45) is 0 Å². The Labute approximate surface area is 130 Å². The molecule has 0 N–H and O–H groups in total. The van der Waals surface area contributed by atoms with Crippen LogP contribution in [-0.2, 0) is 22.2 Å². The molecule has 1 aromatic carbocycles. The Morgan fingerprint density at radius 1 is 1.45 bits per heavy atom. The Kier molecular flexibility index (Phi) is 4.72. The van der Waals surface area contributed by atoms with Crippen LogP contribution in [-0.4, -0.2) is 18.2 Å². The molecule has 0 aliphatic heterocycles. The highest BCUT2D eigenvalue weighted by Gasteiger charge is 2.12. The lowest BCUT2D eigenvalue weighted by Gasteiger charge is -2.07. The third kappa shape index (κ3) is 3.74. The van der Waals surface area contributed by atoms with Gasteiger partial charge in [0.2, 0.25) is 0 Å². The van der Waals surface area contributed by atoms with Crippen LogP contribution in [0.4, 0.5) is 0 Å². The highest BCUT2D eigenvalue weighted by molar-refractivity contribution is 9.10. The summed E-state index contributed by atoms with van der Waals surface area (Å²) in [6.07, 6.45) is 3.63. The van der Waals surface area contributed by atoms with Gasteiger partial charge in [0.05, 0.1) is 15.6 Å². The zero-order valence-electron chi connectivity index (χ0n) is 10.6. The third-order valence-corrected chi connectivity index (χ3v) is 4.56. The molecule has 8 heteroatoms. The van der Waals surface area contributed by atoms with Crippen molar-refractivity contribution >= 4 is 35.7 Å². The lowest BCUT2D eigenvalue weighted by Crippen LogP contribution is -1.97. The molecule has 0 spiro atoms. The molecule has 108 valence electrons. The van der Waals surface area contributed by atoms with Crippen LogP contribution in [0.5, 0.6) is 5.75 Å². The molecule has 0 atom stereocenters. The van der Waals surface area contributed by atoms with Gasteiger partial charge in [-0.15, -0.1) is 0 Å². The standard InChI is InChI=1S/C12H12BrClN2O3S/c1-2-16-7-9(6-15-16)8-19-12-4-3-10(5-11(12)13)20(14,17)18/h3-7H,2,8H2,1H3. The van der Waals surface area contributed by atoms with Gasteiger partial charge < -0.3 is 4.74 Å². The van der Waals surface area contributed by atoms with Crippen LogP contribution in [0.1, 0.15) is 12.5 Å². The van der Waals surface area contributed by atoms with Crippen molar-refractivity contribution in [1.82, 2.24) is 9.78 Å². The van der Waals surface area contributed by atoms with Crippen LogP contribution in [0.3, 0.4) is 0 Å². The van der Waals surface area contributed by atoms with Crippen molar-refractivity contribution in [3.05, 3.63) is 40.6 Å². The van der Waals surface area contributed by atoms with E-state index in [0.717, 1.165) is 12.1 Å². The Balaban J connectivity index is 2.10. The molecular formula is C12H12BrClN2O3S. The van der Waals surface area contributed by atoms with Crippen molar-refractivity contribution < 1.29 is 13.2 Å². The van der Waals surface area contributed by atoms with E-state index in [2.05, 4.69) is 21.0 Å². The number of aryl methyl sites for hydroxylation is 1. The number of ether oxygens (including phenoxy) is 1. The zero-order chi connectivity index (χ0) is 14.8. The molecule has 0 aliphatic carbocycles. The first-order chi connectivity index (χ1) is 9.40. The van der Waals surface area contributed by atoms with E-state index in [1.54, 1.807) is 16.9 Å². The molecule has 0 radical (unpaired) electrons. The highest BCUT2D eigenvalue weighted by atomic mass is 79.9. The summed E-state index contributed by atoms with van der Waals surface area (Å²) in [6.45, 7) is 3.15. The van der Waals surface area contributed by atoms with E-state index < -0.39 is 9.05 Å². The fourth-order valence-corrected chi connectivity index (χ4v) is 2.99. The predicted molar refractivity (Wildman–Crippen MR) is 79.4 cm³/mol. The molecule has 0 saturated heterocycles. The first kappa shape index (κ1) is 15.3. The number of halogens is 2. The number of hydrogen-bond donors (Lipinski definition) is 0. The normalized spacial score (nSPS) is 11.6. The van der Waals surface area contributed by atoms with Crippen LogP contribution in [0, 0.1) is 0 Å². The second-order valence-electron chi connectivity index (χ2n) is 4.02. The van der Waals surface area contributed by atoms with E-state index in [1.807, 2.05) is 13.1 Å². The molecule has 1 heterocycles. The Bertz CT molecular complexity index is 715. The minimum atomic E-state index is -3.74. The van der Waals surface area contributed by atoms with Gasteiger partial charge in [-0.25, -0.2) is 8.42 Å². The summed E-state index contributed by atoms with van der Waals surface area (Å²) in [5.41, 5.74) is 0.938. The monoisotopic (exact) mass is 378 g/mol. The smallest absolute Gasteiger partial charge is 0.261 e. The van der Waals surface area contributed by atoms with Crippen molar-refractivity contribution in [1.29, 1.82) is 0 Å². The topological polar surface area (TPSA) is 61.2 Å². The summed E-state index contributed by atoms with van der Waals surface area (Å²) in [5.74, 6) is 0.540. The van der Waals surface area contributed by atoms with E-state index in [-0.39, 0.29) is 4.90 Å². The zero-order valence-corrected chi connectivity index (χ0v) is 13.7. The first-order valence-corrected chi connectivity index (χ1v) is 8.88. The maximum atomic E-state index is 11.2. The predicted octanol–water partition coefficient (Wildman–Crippen LogP) is 3.17. The molecule has 0 fully saturated rings. The lowest BCUT2D eigenvalue weighted by atomic mass is 10.3. The first-order valence-electron chi connectivity index (χ1n) is 5.78. The molecule has 20 heavy (non-hydrogen) atoms. The van der Waals surface area contributed by atoms with E-state index in [0.29, 0.717) is 16.8 Å². The maximum absolute atomic E-state index is 11.2.